The second-order valence-electron chi connectivity index (χ2n) is 4.90. The van der Waals surface area contributed by atoms with Crippen LogP contribution in [0.1, 0.15) is 18.9 Å². The summed E-state index contributed by atoms with van der Waals surface area (Å²) in [5.74, 6) is 1.22. The van der Waals surface area contributed by atoms with Crippen LogP contribution in [0.4, 0.5) is 5.13 Å². The summed E-state index contributed by atoms with van der Waals surface area (Å²) < 4.78 is 1.18. The molecule has 0 aliphatic carbocycles. The largest absolute Gasteiger partial charge is 0.375 e. The first kappa shape index (κ1) is 14.6. The molecule has 1 heterocycles. The highest BCUT2D eigenvalue weighted by molar-refractivity contribution is 7.98. The van der Waals surface area contributed by atoms with Gasteiger partial charge in [0.05, 0.1) is 10.2 Å². The van der Waals surface area contributed by atoms with Gasteiger partial charge in [-0.3, -0.25) is 4.90 Å². The van der Waals surface area contributed by atoms with Crippen LogP contribution in [0.5, 0.6) is 0 Å². The summed E-state index contributed by atoms with van der Waals surface area (Å²) in [6.07, 6.45) is 3.39. The second kappa shape index (κ2) is 6.59. The summed E-state index contributed by atoms with van der Waals surface area (Å²) in [4.78, 5) is 6.69. The Morgan fingerprint density at radius 2 is 2.26 bits per heavy atom. The van der Waals surface area contributed by atoms with E-state index in [4.69, 9.17) is 5.73 Å². The average molecular weight is 295 g/mol. The predicted molar refractivity (Wildman–Crippen MR) is 88.0 cm³/mol. The van der Waals surface area contributed by atoms with E-state index < -0.39 is 0 Å². The summed E-state index contributed by atoms with van der Waals surface area (Å²) in [5, 5.41) is 0.647. The normalized spacial score (nSPS) is 13.3. The molecule has 1 aromatic carbocycles. The van der Waals surface area contributed by atoms with Gasteiger partial charge in [0, 0.05) is 12.6 Å². The highest BCUT2D eigenvalue weighted by Crippen LogP contribution is 2.25. The minimum atomic E-state index is 0.606. The molecule has 104 valence electrons. The molecule has 1 atom stereocenters. The molecular weight excluding hydrogens is 274 g/mol. The van der Waals surface area contributed by atoms with Gasteiger partial charge in [0.2, 0.25) is 0 Å². The molecule has 0 amide bonds. The first-order valence-corrected chi connectivity index (χ1v) is 8.65. The molecule has 0 spiro atoms. The van der Waals surface area contributed by atoms with Crippen LogP contribution in [0.3, 0.4) is 0 Å². The SMILES string of the molecule is CSCCC(C)N(C)Cc1ccc2nc(N)sc2c1. The number of benzene rings is 1. The molecule has 2 rings (SSSR count). The van der Waals surface area contributed by atoms with Gasteiger partial charge in [-0.05, 0) is 50.1 Å². The molecule has 0 fully saturated rings. The molecule has 0 saturated heterocycles. The number of nitrogens with two attached hydrogens (primary N) is 1. The number of fused-ring (bicyclic) bond motifs is 1. The van der Waals surface area contributed by atoms with E-state index in [-0.39, 0.29) is 0 Å². The van der Waals surface area contributed by atoms with Gasteiger partial charge in [-0.25, -0.2) is 4.98 Å². The third-order valence-electron chi connectivity index (χ3n) is 3.39. The predicted octanol–water partition coefficient (Wildman–Crippen LogP) is 3.45. The Labute approximate surface area is 123 Å². The van der Waals surface area contributed by atoms with Gasteiger partial charge < -0.3 is 5.73 Å². The van der Waals surface area contributed by atoms with Crippen LogP contribution >= 0.6 is 23.1 Å². The van der Waals surface area contributed by atoms with Crippen molar-refractivity contribution in [3.63, 3.8) is 0 Å². The number of hydrogen-bond donors (Lipinski definition) is 1. The number of nitrogen functional groups attached to an aromatic ring is 1. The molecule has 1 unspecified atom stereocenters. The van der Waals surface area contributed by atoms with E-state index in [1.807, 2.05) is 11.8 Å². The van der Waals surface area contributed by atoms with E-state index in [9.17, 15) is 0 Å². The highest BCUT2D eigenvalue weighted by Gasteiger charge is 2.10. The zero-order chi connectivity index (χ0) is 13.8. The molecule has 0 radical (unpaired) electrons. The van der Waals surface area contributed by atoms with Crippen LogP contribution < -0.4 is 5.73 Å². The maximum Gasteiger partial charge on any atom is 0.181 e. The standard InChI is InChI=1S/C14H21N3S2/c1-10(6-7-18-3)17(2)9-11-4-5-12-13(8-11)19-14(15)16-12/h4-5,8,10H,6-7,9H2,1-3H3,(H2,15,16). The topological polar surface area (TPSA) is 42.2 Å². The molecular formula is C14H21N3S2. The van der Waals surface area contributed by atoms with Crippen LogP contribution in [0.15, 0.2) is 18.2 Å². The van der Waals surface area contributed by atoms with E-state index in [1.54, 1.807) is 11.3 Å². The summed E-state index contributed by atoms with van der Waals surface area (Å²) in [7, 11) is 2.19. The van der Waals surface area contributed by atoms with Crippen molar-refractivity contribution in [1.29, 1.82) is 0 Å². The molecule has 0 aliphatic heterocycles. The van der Waals surface area contributed by atoms with Crippen molar-refractivity contribution < 1.29 is 0 Å². The fraction of sp³-hybridized carbons (Fsp3) is 0.500. The quantitative estimate of drug-likeness (QED) is 0.886. The number of aromatic nitrogens is 1. The lowest BCUT2D eigenvalue weighted by molar-refractivity contribution is 0.245. The fourth-order valence-electron chi connectivity index (χ4n) is 2.04. The summed E-state index contributed by atoms with van der Waals surface area (Å²) >= 11 is 3.47. The third kappa shape index (κ3) is 3.84. The first-order valence-electron chi connectivity index (χ1n) is 6.44. The fourth-order valence-corrected chi connectivity index (χ4v) is 3.41. The molecule has 3 nitrogen and oxygen atoms in total. The minimum Gasteiger partial charge on any atom is -0.375 e. The lowest BCUT2D eigenvalue weighted by Crippen LogP contribution is -2.29. The third-order valence-corrected chi connectivity index (χ3v) is 4.88. The number of nitrogens with zero attached hydrogens (tertiary/aromatic N) is 2. The molecule has 0 saturated carbocycles. The Morgan fingerprint density at radius 3 is 3.00 bits per heavy atom. The van der Waals surface area contributed by atoms with Crippen molar-refractivity contribution >= 4 is 38.4 Å². The Morgan fingerprint density at radius 1 is 1.47 bits per heavy atom. The summed E-state index contributed by atoms with van der Waals surface area (Å²) in [6, 6.07) is 7.04. The molecule has 0 bridgehead atoms. The van der Waals surface area contributed by atoms with Crippen LogP contribution in [-0.4, -0.2) is 35.0 Å². The van der Waals surface area contributed by atoms with Gasteiger partial charge in [-0.2, -0.15) is 11.8 Å². The summed E-state index contributed by atoms with van der Waals surface area (Å²) in [6.45, 7) is 3.27. The average Bonchev–Trinajstić information content (AvgIpc) is 2.75. The highest BCUT2D eigenvalue weighted by atomic mass is 32.2. The van der Waals surface area contributed by atoms with Gasteiger partial charge >= 0.3 is 0 Å². The van der Waals surface area contributed by atoms with Gasteiger partial charge in [0.25, 0.3) is 0 Å². The maximum absolute atomic E-state index is 5.74. The van der Waals surface area contributed by atoms with Crippen LogP contribution in [0.25, 0.3) is 10.2 Å². The van der Waals surface area contributed by atoms with E-state index in [0.717, 1.165) is 12.1 Å². The number of thioether (sulfide) groups is 1. The lowest BCUT2D eigenvalue weighted by atomic mass is 10.1. The maximum atomic E-state index is 5.74. The van der Waals surface area contributed by atoms with Gasteiger partial charge in [0.15, 0.2) is 5.13 Å². The van der Waals surface area contributed by atoms with Crippen molar-refractivity contribution in [1.82, 2.24) is 9.88 Å². The molecule has 0 aliphatic rings. The molecule has 5 heteroatoms. The first-order chi connectivity index (χ1) is 9.10. The van der Waals surface area contributed by atoms with Gasteiger partial charge in [-0.15, -0.1) is 0 Å². The molecule has 2 aromatic rings. The van der Waals surface area contributed by atoms with Crippen molar-refractivity contribution in [2.45, 2.75) is 25.9 Å². The molecule has 2 N–H and O–H groups in total. The van der Waals surface area contributed by atoms with E-state index in [0.29, 0.717) is 11.2 Å². The minimum absolute atomic E-state index is 0.606. The zero-order valence-corrected chi connectivity index (χ0v) is 13.4. The Hall–Kier alpha value is -0.780. The second-order valence-corrected chi connectivity index (χ2v) is 6.95. The summed E-state index contributed by atoms with van der Waals surface area (Å²) in [5.41, 5.74) is 8.07. The van der Waals surface area contributed by atoms with Crippen molar-refractivity contribution in [3.8, 4) is 0 Å². The molecule has 19 heavy (non-hydrogen) atoms. The van der Waals surface area contributed by atoms with Gasteiger partial charge in [-0.1, -0.05) is 17.4 Å². The van der Waals surface area contributed by atoms with Crippen LogP contribution in [0, 0.1) is 0 Å². The lowest BCUT2D eigenvalue weighted by Gasteiger charge is -2.24. The van der Waals surface area contributed by atoms with Crippen molar-refractivity contribution in [3.05, 3.63) is 23.8 Å². The molecule has 1 aromatic heterocycles. The Bertz CT molecular complexity index is 538. The van der Waals surface area contributed by atoms with Gasteiger partial charge in [0.1, 0.15) is 0 Å². The zero-order valence-electron chi connectivity index (χ0n) is 11.7. The number of rotatable bonds is 6. The van der Waals surface area contributed by atoms with E-state index >= 15 is 0 Å². The number of hydrogen-bond acceptors (Lipinski definition) is 5. The van der Waals surface area contributed by atoms with Crippen LogP contribution in [-0.2, 0) is 6.54 Å². The number of thiazole rings is 1. The monoisotopic (exact) mass is 295 g/mol. The Kier molecular flexibility index (Phi) is 5.07. The number of anilines is 1. The van der Waals surface area contributed by atoms with Crippen molar-refractivity contribution in [2.24, 2.45) is 0 Å². The van der Waals surface area contributed by atoms with E-state index in [1.165, 1.54) is 22.4 Å². The van der Waals surface area contributed by atoms with E-state index in [2.05, 4.69) is 48.3 Å². The Balaban J connectivity index is 2.03. The van der Waals surface area contributed by atoms with Crippen LogP contribution in [0.2, 0.25) is 0 Å². The van der Waals surface area contributed by atoms with Crippen molar-refractivity contribution in [2.75, 3.05) is 24.8 Å². The smallest absolute Gasteiger partial charge is 0.181 e.